The molecule has 2 aromatic carbocycles. The number of hydrogen-bond acceptors (Lipinski definition) is 4. The smallest absolute Gasteiger partial charge is 0.257 e. The van der Waals surface area contributed by atoms with Gasteiger partial charge >= 0.3 is 0 Å². The maximum absolute atomic E-state index is 12.5. The SMILES string of the molecule is CC(C)(C)c1ccc(C(=O)NC(=S)Nc2ccc(C(CCCC(N)=O)C(N)=O)cc2)cc1. The minimum Gasteiger partial charge on any atom is -0.370 e. The van der Waals surface area contributed by atoms with Gasteiger partial charge < -0.3 is 16.8 Å². The maximum atomic E-state index is 12.5. The van der Waals surface area contributed by atoms with Gasteiger partial charge in [0.2, 0.25) is 11.8 Å². The molecule has 0 radical (unpaired) electrons. The van der Waals surface area contributed by atoms with Crippen molar-refractivity contribution in [2.24, 2.45) is 11.5 Å². The summed E-state index contributed by atoms with van der Waals surface area (Å²) in [7, 11) is 0. The van der Waals surface area contributed by atoms with E-state index in [1.807, 2.05) is 12.1 Å². The predicted molar refractivity (Wildman–Crippen MR) is 130 cm³/mol. The molecule has 0 aliphatic heterocycles. The monoisotopic (exact) mass is 454 g/mol. The van der Waals surface area contributed by atoms with Crippen molar-refractivity contribution in [1.29, 1.82) is 0 Å². The summed E-state index contributed by atoms with van der Waals surface area (Å²) in [6.45, 7) is 6.33. The van der Waals surface area contributed by atoms with Crippen LogP contribution in [0, 0.1) is 0 Å². The summed E-state index contributed by atoms with van der Waals surface area (Å²) in [5.41, 5.74) is 13.7. The van der Waals surface area contributed by atoms with Crippen LogP contribution in [0.5, 0.6) is 0 Å². The third-order valence-corrected chi connectivity index (χ3v) is 5.27. The second-order valence-corrected chi connectivity index (χ2v) is 9.08. The topological polar surface area (TPSA) is 127 Å². The number of carbonyl (C=O) groups excluding carboxylic acids is 3. The predicted octanol–water partition coefficient (Wildman–Crippen LogP) is 3.34. The van der Waals surface area contributed by atoms with Gasteiger partial charge in [-0.05, 0) is 65.9 Å². The summed E-state index contributed by atoms with van der Waals surface area (Å²) in [6.07, 6.45) is 1.12. The van der Waals surface area contributed by atoms with Crippen LogP contribution in [0.3, 0.4) is 0 Å². The van der Waals surface area contributed by atoms with Gasteiger partial charge in [0, 0.05) is 17.7 Å². The molecule has 6 N–H and O–H groups in total. The molecule has 0 saturated heterocycles. The second-order valence-electron chi connectivity index (χ2n) is 8.67. The fourth-order valence-electron chi connectivity index (χ4n) is 3.21. The molecule has 0 fully saturated rings. The molecule has 2 rings (SSSR count). The third-order valence-electron chi connectivity index (χ3n) is 5.07. The van der Waals surface area contributed by atoms with Gasteiger partial charge in [-0.1, -0.05) is 45.0 Å². The largest absolute Gasteiger partial charge is 0.370 e. The summed E-state index contributed by atoms with van der Waals surface area (Å²) in [5, 5.41) is 5.78. The molecule has 0 aliphatic rings. The van der Waals surface area contributed by atoms with Crippen LogP contribution in [0.1, 0.15) is 67.4 Å². The molecule has 0 bridgehead atoms. The van der Waals surface area contributed by atoms with Crippen LogP contribution in [-0.2, 0) is 15.0 Å². The molecular formula is C24H30N4O3S. The molecule has 2 aromatic rings. The first-order chi connectivity index (χ1) is 15.0. The number of anilines is 1. The van der Waals surface area contributed by atoms with Crippen molar-refractivity contribution < 1.29 is 14.4 Å². The highest BCUT2D eigenvalue weighted by Gasteiger charge is 2.18. The molecule has 1 unspecified atom stereocenters. The van der Waals surface area contributed by atoms with Gasteiger partial charge in [-0.2, -0.15) is 0 Å². The lowest BCUT2D eigenvalue weighted by molar-refractivity contribution is -0.120. The minimum atomic E-state index is -0.508. The molecule has 0 heterocycles. The molecule has 170 valence electrons. The lowest BCUT2D eigenvalue weighted by Crippen LogP contribution is -2.34. The maximum Gasteiger partial charge on any atom is 0.257 e. The lowest BCUT2D eigenvalue weighted by atomic mass is 9.87. The lowest BCUT2D eigenvalue weighted by Gasteiger charge is -2.19. The second kappa shape index (κ2) is 10.9. The number of thiocarbonyl (C=S) groups is 1. The van der Waals surface area contributed by atoms with Gasteiger partial charge in [0.25, 0.3) is 5.91 Å². The Morgan fingerprint density at radius 1 is 0.969 bits per heavy atom. The zero-order valence-corrected chi connectivity index (χ0v) is 19.4. The van der Waals surface area contributed by atoms with E-state index in [1.54, 1.807) is 36.4 Å². The van der Waals surface area contributed by atoms with E-state index < -0.39 is 17.7 Å². The van der Waals surface area contributed by atoms with E-state index in [-0.39, 0.29) is 22.9 Å². The van der Waals surface area contributed by atoms with Crippen molar-refractivity contribution in [2.75, 3.05) is 5.32 Å². The molecule has 8 heteroatoms. The molecule has 1 atom stereocenters. The Hall–Kier alpha value is -3.26. The number of rotatable bonds is 8. The fourth-order valence-corrected chi connectivity index (χ4v) is 3.42. The van der Waals surface area contributed by atoms with E-state index in [9.17, 15) is 14.4 Å². The average molecular weight is 455 g/mol. The van der Waals surface area contributed by atoms with Crippen LogP contribution in [0.15, 0.2) is 48.5 Å². The van der Waals surface area contributed by atoms with Crippen LogP contribution >= 0.6 is 12.2 Å². The first kappa shape index (κ1) is 25.0. The Balaban J connectivity index is 1.96. The molecule has 0 saturated carbocycles. The quantitative estimate of drug-likeness (QED) is 0.455. The van der Waals surface area contributed by atoms with E-state index in [1.165, 1.54) is 0 Å². The van der Waals surface area contributed by atoms with Crippen LogP contribution < -0.4 is 22.1 Å². The molecule has 7 nitrogen and oxygen atoms in total. The summed E-state index contributed by atoms with van der Waals surface area (Å²) in [6, 6.07) is 14.4. The van der Waals surface area contributed by atoms with Crippen LogP contribution in [-0.4, -0.2) is 22.8 Å². The molecule has 0 spiro atoms. The molecule has 0 aliphatic carbocycles. The summed E-state index contributed by atoms with van der Waals surface area (Å²) in [5.74, 6) is -1.68. The highest BCUT2D eigenvalue weighted by atomic mass is 32.1. The minimum absolute atomic E-state index is 0.00733. The summed E-state index contributed by atoms with van der Waals surface area (Å²) < 4.78 is 0. The first-order valence-corrected chi connectivity index (χ1v) is 10.8. The van der Waals surface area contributed by atoms with Crippen molar-refractivity contribution >= 4 is 40.7 Å². The Labute approximate surface area is 193 Å². The zero-order chi connectivity index (χ0) is 23.9. The van der Waals surface area contributed by atoms with E-state index in [4.69, 9.17) is 23.7 Å². The number of hydrogen-bond donors (Lipinski definition) is 4. The molecular weight excluding hydrogens is 424 g/mol. The number of nitrogens with two attached hydrogens (primary N) is 2. The Bertz CT molecular complexity index is 980. The van der Waals surface area contributed by atoms with Crippen molar-refractivity contribution in [3.8, 4) is 0 Å². The number of primary amides is 2. The summed E-state index contributed by atoms with van der Waals surface area (Å²) in [4.78, 5) is 35.2. The van der Waals surface area contributed by atoms with Crippen LogP contribution in [0.4, 0.5) is 5.69 Å². The molecule has 0 aromatic heterocycles. The van der Waals surface area contributed by atoms with E-state index in [0.717, 1.165) is 11.1 Å². The Morgan fingerprint density at radius 3 is 2.06 bits per heavy atom. The average Bonchev–Trinajstić information content (AvgIpc) is 2.71. The Kier molecular flexibility index (Phi) is 8.48. The van der Waals surface area contributed by atoms with Crippen molar-refractivity contribution in [2.45, 2.75) is 51.4 Å². The van der Waals surface area contributed by atoms with E-state index in [2.05, 4.69) is 31.4 Å². The highest BCUT2D eigenvalue weighted by molar-refractivity contribution is 7.80. The van der Waals surface area contributed by atoms with Gasteiger partial charge in [-0.3, -0.25) is 19.7 Å². The fraction of sp³-hybridized carbons (Fsp3) is 0.333. The summed E-state index contributed by atoms with van der Waals surface area (Å²) >= 11 is 5.24. The standard InChI is InChI=1S/C24H30N4O3S/c1-24(2,3)17-11-7-16(8-12-17)22(31)28-23(32)27-18-13-9-15(10-14-18)19(21(26)30)5-4-6-20(25)29/h7-14,19H,4-6H2,1-3H3,(H2,25,29)(H2,26,30)(H2,27,28,31,32). The van der Waals surface area contributed by atoms with Gasteiger partial charge in [-0.25, -0.2) is 0 Å². The van der Waals surface area contributed by atoms with Gasteiger partial charge in [0.1, 0.15) is 0 Å². The van der Waals surface area contributed by atoms with Crippen LogP contribution in [0.2, 0.25) is 0 Å². The van der Waals surface area contributed by atoms with Crippen LogP contribution in [0.25, 0.3) is 0 Å². The van der Waals surface area contributed by atoms with Gasteiger partial charge in [0.15, 0.2) is 5.11 Å². The number of carbonyl (C=O) groups is 3. The van der Waals surface area contributed by atoms with Gasteiger partial charge in [-0.15, -0.1) is 0 Å². The first-order valence-electron chi connectivity index (χ1n) is 10.4. The number of nitrogens with one attached hydrogen (secondary N) is 2. The van der Waals surface area contributed by atoms with Crippen molar-refractivity contribution in [3.63, 3.8) is 0 Å². The number of benzene rings is 2. The number of amides is 3. The normalized spacial score (nSPS) is 12.0. The molecule has 3 amide bonds. The Morgan fingerprint density at radius 2 is 1.56 bits per heavy atom. The zero-order valence-electron chi connectivity index (χ0n) is 18.6. The third kappa shape index (κ3) is 7.46. The van der Waals surface area contributed by atoms with Crippen molar-refractivity contribution in [1.82, 2.24) is 5.32 Å². The highest BCUT2D eigenvalue weighted by Crippen LogP contribution is 2.24. The molecule has 32 heavy (non-hydrogen) atoms. The van der Waals surface area contributed by atoms with E-state index >= 15 is 0 Å². The van der Waals surface area contributed by atoms with E-state index in [0.29, 0.717) is 24.1 Å². The van der Waals surface area contributed by atoms with Crippen molar-refractivity contribution in [3.05, 3.63) is 65.2 Å². The van der Waals surface area contributed by atoms with Gasteiger partial charge in [0.05, 0.1) is 5.92 Å².